The van der Waals surface area contributed by atoms with Crippen LogP contribution in [0.1, 0.15) is 6.92 Å². The molecule has 0 heterocycles. The van der Waals surface area contributed by atoms with Crippen LogP contribution in [0.15, 0.2) is 61.3 Å². The molecule has 0 spiro atoms. The molecular weight excluding hydrogens is 244 g/mol. The highest BCUT2D eigenvalue weighted by molar-refractivity contribution is 5.17. The zero-order chi connectivity index (χ0) is 14.7. The molecule has 0 aliphatic carbocycles. The minimum absolute atomic E-state index is 0.791. The maximum Gasteiger partial charge on any atom is 0.102 e. The second-order valence-electron chi connectivity index (χ2n) is 3.99. The molecule has 0 bridgehead atoms. The van der Waals surface area contributed by atoms with Crippen molar-refractivity contribution in [2.75, 3.05) is 0 Å². The lowest BCUT2D eigenvalue weighted by Crippen LogP contribution is -2.20. The maximum atomic E-state index is 9.35. The van der Waals surface area contributed by atoms with E-state index in [1.807, 2.05) is 0 Å². The summed E-state index contributed by atoms with van der Waals surface area (Å²) in [6, 6.07) is 0. The molecule has 0 rings (SSSR count). The van der Waals surface area contributed by atoms with Gasteiger partial charge >= 0.3 is 0 Å². The van der Waals surface area contributed by atoms with Gasteiger partial charge in [0.05, 0.1) is 12.2 Å². The van der Waals surface area contributed by atoms with Gasteiger partial charge in [-0.25, -0.2) is 0 Å². The Morgan fingerprint density at radius 3 is 1.53 bits per heavy atom. The molecule has 4 atom stereocenters. The van der Waals surface area contributed by atoms with Crippen LogP contribution in [0.4, 0.5) is 0 Å². The second kappa shape index (κ2) is 10.5. The second-order valence-corrected chi connectivity index (χ2v) is 3.99. The zero-order valence-electron chi connectivity index (χ0n) is 11.0. The van der Waals surface area contributed by atoms with Crippen molar-refractivity contribution in [2.45, 2.75) is 31.3 Å². The molecule has 0 saturated heterocycles. The summed E-state index contributed by atoms with van der Waals surface area (Å²) in [7, 11) is 0. The third-order valence-electron chi connectivity index (χ3n) is 2.26. The Bertz CT molecular complexity index is 353. The van der Waals surface area contributed by atoms with Crippen molar-refractivity contribution in [1.29, 1.82) is 0 Å². The van der Waals surface area contributed by atoms with Crippen molar-refractivity contribution in [1.82, 2.24) is 0 Å². The number of rotatable bonds is 8. The van der Waals surface area contributed by atoms with Crippen molar-refractivity contribution in [3.63, 3.8) is 0 Å². The van der Waals surface area contributed by atoms with E-state index in [0.29, 0.717) is 0 Å². The summed E-state index contributed by atoms with van der Waals surface area (Å²) in [6.07, 6.45) is 10.7. The summed E-state index contributed by atoms with van der Waals surface area (Å²) in [5.41, 5.74) is 0. The van der Waals surface area contributed by atoms with Crippen molar-refractivity contribution >= 4 is 0 Å². The Morgan fingerprint density at radius 1 is 0.684 bits per heavy atom. The largest absolute Gasteiger partial charge is 0.390 e. The van der Waals surface area contributed by atoms with Crippen LogP contribution in [-0.4, -0.2) is 44.8 Å². The van der Waals surface area contributed by atoms with Crippen molar-refractivity contribution < 1.29 is 20.4 Å². The number of allylic oxidation sites excluding steroid dienone is 6. The third-order valence-corrected chi connectivity index (χ3v) is 2.26. The molecular formula is C15H22O4. The normalized spacial score (nSPS) is 19.4. The fourth-order valence-corrected chi connectivity index (χ4v) is 1.03. The first-order valence-corrected chi connectivity index (χ1v) is 6.02. The van der Waals surface area contributed by atoms with E-state index in [4.69, 9.17) is 5.11 Å². The van der Waals surface area contributed by atoms with Gasteiger partial charge in [-0.3, -0.25) is 0 Å². The van der Waals surface area contributed by atoms with E-state index in [-0.39, 0.29) is 0 Å². The summed E-state index contributed by atoms with van der Waals surface area (Å²) in [4.78, 5) is 0. The number of aliphatic hydroxyl groups is 4. The number of hydrogen-bond acceptors (Lipinski definition) is 4. The first kappa shape index (κ1) is 17.5. The van der Waals surface area contributed by atoms with Crippen LogP contribution in [-0.2, 0) is 0 Å². The van der Waals surface area contributed by atoms with Gasteiger partial charge in [0.25, 0.3) is 0 Å². The van der Waals surface area contributed by atoms with E-state index >= 15 is 0 Å². The Labute approximate surface area is 114 Å². The van der Waals surface area contributed by atoms with Crippen LogP contribution in [0.3, 0.4) is 0 Å². The van der Waals surface area contributed by atoms with E-state index in [1.54, 1.807) is 36.5 Å². The molecule has 0 radical (unpaired) electrons. The third kappa shape index (κ3) is 9.16. The Morgan fingerprint density at radius 2 is 1.11 bits per heavy atom. The van der Waals surface area contributed by atoms with Crippen LogP contribution >= 0.6 is 0 Å². The molecule has 4 nitrogen and oxygen atoms in total. The Kier molecular flexibility index (Phi) is 9.66. The lowest BCUT2D eigenvalue weighted by molar-refractivity contribution is 0.0619. The van der Waals surface area contributed by atoms with Crippen molar-refractivity contribution in [3.05, 3.63) is 61.3 Å². The SMILES string of the molecule is C=C[C@@H](O)[C@H](O)C=CC=CC=CC=C[C@@H](O)[C@@H](C)O. The van der Waals surface area contributed by atoms with Crippen LogP contribution < -0.4 is 0 Å². The molecule has 0 aromatic heterocycles. The van der Waals surface area contributed by atoms with Gasteiger partial charge in [0.15, 0.2) is 0 Å². The zero-order valence-corrected chi connectivity index (χ0v) is 11.0. The highest BCUT2D eigenvalue weighted by Crippen LogP contribution is 1.97. The van der Waals surface area contributed by atoms with Gasteiger partial charge in [-0.15, -0.1) is 6.58 Å². The summed E-state index contributed by atoms with van der Waals surface area (Å²) in [6.45, 7) is 4.87. The molecule has 4 heteroatoms. The first-order chi connectivity index (χ1) is 8.99. The van der Waals surface area contributed by atoms with Gasteiger partial charge in [0.1, 0.15) is 12.2 Å². The van der Waals surface area contributed by atoms with Gasteiger partial charge in [-0.2, -0.15) is 0 Å². The molecule has 106 valence electrons. The lowest BCUT2D eigenvalue weighted by Gasteiger charge is -2.07. The number of hydrogen-bond donors (Lipinski definition) is 4. The standard InChI is InChI=1S/C15H22O4/c1-3-13(17)15(19)11-9-7-5-4-6-8-10-14(18)12(2)16/h3-19H,1H2,2H3/t12-,13-,14-,15-/m1/s1. The molecule has 0 unspecified atom stereocenters. The van der Waals surface area contributed by atoms with Crippen molar-refractivity contribution in [2.24, 2.45) is 0 Å². The predicted octanol–water partition coefficient (Wildman–Crippen LogP) is 0.861. The Balaban J connectivity index is 4.03. The van der Waals surface area contributed by atoms with Crippen LogP contribution in [0.5, 0.6) is 0 Å². The van der Waals surface area contributed by atoms with Gasteiger partial charge < -0.3 is 20.4 Å². The average Bonchev–Trinajstić information content (AvgIpc) is 2.39. The highest BCUT2D eigenvalue weighted by atomic mass is 16.3. The lowest BCUT2D eigenvalue weighted by atomic mass is 10.2. The number of aliphatic hydroxyl groups excluding tert-OH is 4. The minimum Gasteiger partial charge on any atom is -0.390 e. The predicted molar refractivity (Wildman–Crippen MR) is 76.5 cm³/mol. The first-order valence-electron chi connectivity index (χ1n) is 6.02. The summed E-state index contributed by atoms with van der Waals surface area (Å²) < 4.78 is 0. The van der Waals surface area contributed by atoms with E-state index in [9.17, 15) is 15.3 Å². The quantitative estimate of drug-likeness (QED) is 0.388. The smallest absolute Gasteiger partial charge is 0.102 e. The van der Waals surface area contributed by atoms with Crippen LogP contribution in [0.2, 0.25) is 0 Å². The molecule has 19 heavy (non-hydrogen) atoms. The van der Waals surface area contributed by atoms with E-state index < -0.39 is 24.4 Å². The molecule has 0 amide bonds. The Hall–Kier alpha value is -1.46. The molecule has 0 aromatic carbocycles. The summed E-state index contributed by atoms with van der Waals surface area (Å²) >= 11 is 0. The minimum atomic E-state index is -0.968. The molecule has 0 aliphatic rings. The van der Waals surface area contributed by atoms with Crippen LogP contribution in [0, 0.1) is 0 Å². The average molecular weight is 266 g/mol. The maximum absolute atomic E-state index is 9.35. The van der Waals surface area contributed by atoms with Gasteiger partial charge in [0, 0.05) is 0 Å². The topological polar surface area (TPSA) is 80.9 Å². The molecule has 0 fully saturated rings. The van der Waals surface area contributed by atoms with Gasteiger partial charge in [-0.05, 0) is 6.92 Å². The highest BCUT2D eigenvalue weighted by Gasteiger charge is 2.06. The fourth-order valence-electron chi connectivity index (χ4n) is 1.03. The summed E-state index contributed by atoms with van der Waals surface area (Å²) in [5.74, 6) is 0. The molecule has 0 aromatic rings. The molecule has 4 N–H and O–H groups in total. The van der Waals surface area contributed by atoms with Crippen molar-refractivity contribution in [3.8, 4) is 0 Å². The molecule has 0 saturated carbocycles. The van der Waals surface area contributed by atoms with E-state index in [0.717, 1.165) is 0 Å². The molecule has 0 aliphatic heterocycles. The van der Waals surface area contributed by atoms with Gasteiger partial charge in [-0.1, -0.05) is 54.7 Å². The van der Waals surface area contributed by atoms with Gasteiger partial charge in [0.2, 0.25) is 0 Å². The fraction of sp³-hybridized carbons (Fsp3) is 0.333. The van der Waals surface area contributed by atoms with Crippen LogP contribution in [0.25, 0.3) is 0 Å². The monoisotopic (exact) mass is 266 g/mol. The van der Waals surface area contributed by atoms with E-state index in [2.05, 4.69) is 6.58 Å². The van der Waals surface area contributed by atoms with E-state index in [1.165, 1.54) is 25.2 Å². The summed E-state index contributed by atoms with van der Waals surface area (Å²) in [5, 5.41) is 36.8.